The SMILES string of the molecule is CC(C)C(C)(O)COc1ccc([C@@H](C)O)cc1Cl. The lowest BCUT2D eigenvalue weighted by molar-refractivity contribution is -0.0266. The molecule has 1 aromatic rings. The number of aliphatic hydroxyl groups excluding tert-OH is 1. The van der Waals surface area contributed by atoms with E-state index in [4.69, 9.17) is 16.3 Å². The lowest BCUT2D eigenvalue weighted by atomic mass is 9.94. The second kappa shape index (κ2) is 5.91. The van der Waals surface area contributed by atoms with E-state index in [2.05, 4.69) is 0 Å². The third-order valence-corrected chi connectivity index (χ3v) is 3.50. The molecule has 1 aromatic carbocycles. The third-order valence-electron chi connectivity index (χ3n) is 3.20. The number of rotatable bonds is 5. The largest absolute Gasteiger partial charge is 0.489 e. The van der Waals surface area contributed by atoms with E-state index in [0.29, 0.717) is 10.8 Å². The maximum absolute atomic E-state index is 10.1. The van der Waals surface area contributed by atoms with E-state index in [1.165, 1.54) is 0 Å². The molecule has 1 unspecified atom stereocenters. The molecule has 0 aliphatic rings. The van der Waals surface area contributed by atoms with Gasteiger partial charge in [0.25, 0.3) is 0 Å². The monoisotopic (exact) mass is 272 g/mol. The van der Waals surface area contributed by atoms with Crippen LogP contribution < -0.4 is 4.74 Å². The molecule has 0 bridgehead atoms. The van der Waals surface area contributed by atoms with Crippen molar-refractivity contribution in [2.24, 2.45) is 5.92 Å². The first-order chi connectivity index (χ1) is 8.24. The molecule has 18 heavy (non-hydrogen) atoms. The summed E-state index contributed by atoms with van der Waals surface area (Å²) in [6.45, 7) is 7.45. The van der Waals surface area contributed by atoms with E-state index in [1.807, 2.05) is 13.8 Å². The highest BCUT2D eigenvalue weighted by atomic mass is 35.5. The van der Waals surface area contributed by atoms with E-state index in [0.717, 1.165) is 5.56 Å². The number of aliphatic hydroxyl groups is 2. The summed E-state index contributed by atoms with van der Waals surface area (Å²) in [5.41, 5.74) is -0.158. The molecule has 0 spiro atoms. The normalized spacial score (nSPS) is 16.4. The Morgan fingerprint density at radius 1 is 1.33 bits per heavy atom. The maximum atomic E-state index is 10.1. The van der Waals surface area contributed by atoms with Gasteiger partial charge in [0.05, 0.1) is 16.7 Å². The second-order valence-electron chi connectivity index (χ2n) is 5.17. The minimum Gasteiger partial charge on any atom is -0.489 e. The molecule has 1 rings (SSSR count). The van der Waals surface area contributed by atoms with Crippen LogP contribution in [-0.2, 0) is 0 Å². The summed E-state index contributed by atoms with van der Waals surface area (Å²) >= 11 is 6.06. The van der Waals surface area contributed by atoms with Gasteiger partial charge < -0.3 is 14.9 Å². The van der Waals surface area contributed by atoms with Gasteiger partial charge in [0, 0.05) is 0 Å². The first-order valence-corrected chi connectivity index (χ1v) is 6.44. The van der Waals surface area contributed by atoms with Crippen LogP contribution >= 0.6 is 11.6 Å². The van der Waals surface area contributed by atoms with E-state index >= 15 is 0 Å². The summed E-state index contributed by atoms with van der Waals surface area (Å²) < 4.78 is 5.53. The molecule has 0 fully saturated rings. The van der Waals surface area contributed by atoms with Crippen molar-refractivity contribution < 1.29 is 14.9 Å². The Morgan fingerprint density at radius 2 is 1.94 bits per heavy atom. The highest BCUT2D eigenvalue weighted by molar-refractivity contribution is 6.32. The molecule has 0 saturated carbocycles. The topological polar surface area (TPSA) is 49.7 Å². The first-order valence-electron chi connectivity index (χ1n) is 6.06. The van der Waals surface area contributed by atoms with Gasteiger partial charge in [-0.1, -0.05) is 31.5 Å². The molecule has 0 aliphatic carbocycles. The lowest BCUT2D eigenvalue weighted by Crippen LogP contribution is -2.37. The predicted octanol–water partition coefficient (Wildman–Crippen LogP) is 3.18. The van der Waals surface area contributed by atoms with Gasteiger partial charge in [0.1, 0.15) is 12.4 Å². The zero-order valence-corrected chi connectivity index (χ0v) is 12.0. The predicted molar refractivity (Wildman–Crippen MR) is 73.0 cm³/mol. The summed E-state index contributed by atoms with van der Waals surface area (Å²) in [5.74, 6) is 0.606. The van der Waals surface area contributed by atoms with E-state index in [1.54, 1.807) is 32.0 Å². The molecule has 0 saturated heterocycles. The van der Waals surface area contributed by atoms with Crippen LogP contribution in [0.4, 0.5) is 0 Å². The average Bonchev–Trinajstić information content (AvgIpc) is 2.26. The Hall–Kier alpha value is -0.770. The number of halogens is 1. The summed E-state index contributed by atoms with van der Waals surface area (Å²) in [5, 5.41) is 19.9. The Morgan fingerprint density at radius 3 is 2.39 bits per heavy atom. The van der Waals surface area contributed by atoms with Crippen molar-refractivity contribution >= 4 is 11.6 Å². The van der Waals surface area contributed by atoms with Crippen LogP contribution in [0.15, 0.2) is 18.2 Å². The highest BCUT2D eigenvalue weighted by Crippen LogP contribution is 2.29. The Labute approximate surface area is 113 Å². The van der Waals surface area contributed by atoms with Crippen LogP contribution in [0, 0.1) is 5.92 Å². The maximum Gasteiger partial charge on any atom is 0.138 e. The fraction of sp³-hybridized carbons (Fsp3) is 0.571. The van der Waals surface area contributed by atoms with E-state index in [9.17, 15) is 10.2 Å². The number of hydrogen-bond donors (Lipinski definition) is 2. The van der Waals surface area contributed by atoms with Crippen molar-refractivity contribution in [2.75, 3.05) is 6.61 Å². The Kier molecular flexibility index (Phi) is 5.02. The molecule has 3 nitrogen and oxygen atoms in total. The van der Waals surface area contributed by atoms with Crippen LogP contribution in [0.2, 0.25) is 5.02 Å². The van der Waals surface area contributed by atoms with Gasteiger partial charge in [0.15, 0.2) is 0 Å². The Bertz CT molecular complexity index is 400. The minimum atomic E-state index is -0.897. The quantitative estimate of drug-likeness (QED) is 0.866. The van der Waals surface area contributed by atoms with Crippen molar-refractivity contribution in [1.82, 2.24) is 0 Å². The van der Waals surface area contributed by atoms with Crippen LogP contribution in [-0.4, -0.2) is 22.4 Å². The molecular formula is C14H21ClO3. The average molecular weight is 273 g/mol. The van der Waals surface area contributed by atoms with E-state index in [-0.39, 0.29) is 12.5 Å². The van der Waals surface area contributed by atoms with Gasteiger partial charge >= 0.3 is 0 Å². The van der Waals surface area contributed by atoms with Gasteiger partial charge in [-0.2, -0.15) is 0 Å². The van der Waals surface area contributed by atoms with Crippen molar-refractivity contribution in [2.45, 2.75) is 39.4 Å². The summed E-state index contributed by atoms with van der Waals surface area (Å²) in [6.07, 6.45) is -0.560. The van der Waals surface area contributed by atoms with Gasteiger partial charge in [-0.15, -0.1) is 0 Å². The van der Waals surface area contributed by atoms with Crippen LogP contribution in [0.25, 0.3) is 0 Å². The molecule has 0 aliphatic heterocycles. The highest BCUT2D eigenvalue weighted by Gasteiger charge is 2.26. The van der Waals surface area contributed by atoms with Crippen LogP contribution in [0.3, 0.4) is 0 Å². The minimum absolute atomic E-state index is 0.0908. The fourth-order valence-electron chi connectivity index (χ4n) is 1.28. The van der Waals surface area contributed by atoms with Crippen molar-refractivity contribution in [1.29, 1.82) is 0 Å². The molecule has 102 valence electrons. The number of ether oxygens (including phenoxy) is 1. The van der Waals surface area contributed by atoms with Gasteiger partial charge in [-0.05, 0) is 37.5 Å². The van der Waals surface area contributed by atoms with Crippen LogP contribution in [0.1, 0.15) is 39.4 Å². The summed E-state index contributed by atoms with van der Waals surface area (Å²) in [7, 11) is 0. The van der Waals surface area contributed by atoms with E-state index < -0.39 is 11.7 Å². The van der Waals surface area contributed by atoms with Crippen LogP contribution in [0.5, 0.6) is 5.75 Å². The van der Waals surface area contributed by atoms with Crippen molar-refractivity contribution in [3.63, 3.8) is 0 Å². The second-order valence-corrected chi connectivity index (χ2v) is 5.57. The van der Waals surface area contributed by atoms with Gasteiger partial charge in [-0.25, -0.2) is 0 Å². The fourth-order valence-corrected chi connectivity index (χ4v) is 1.53. The Balaban J connectivity index is 2.75. The molecule has 0 amide bonds. The molecule has 2 atom stereocenters. The number of benzene rings is 1. The molecular weight excluding hydrogens is 252 g/mol. The van der Waals surface area contributed by atoms with Crippen molar-refractivity contribution in [3.8, 4) is 5.75 Å². The standard InChI is InChI=1S/C14H21ClO3/c1-9(2)14(4,17)8-18-13-6-5-11(10(3)16)7-12(13)15/h5-7,9-10,16-17H,8H2,1-4H3/t10-,14?/m1/s1. The zero-order valence-electron chi connectivity index (χ0n) is 11.3. The molecule has 0 radical (unpaired) electrons. The lowest BCUT2D eigenvalue weighted by Gasteiger charge is -2.27. The number of hydrogen-bond acceptors (Lipinski definition) is 3. The molecule has 0 aromatic heterocycles. The summed E-state index contributed by atoms with van der Waals surface area (Å²) in [6, 6.07) is 5.14. The molecule has 4 heteroatoms. The van der Waals surface area contributed by atoms with Gasteiger partial charge in [0.2, 0.25) is 0 Å². The van der Waals surface area contributed by atoms with Crippen molar-refractivity contribution in [3.05, 3.63) is 28.8 Å². The summed E-state index contributed by atoms with van der Waals surface area (Å²) in [4.78, 5) is 0. The first kappa shape index (κ1) is 15.3. The smallest absolute Gasteiger partial charge is 0.138 e. The molecule has 2 N–H and O–H groups in total. The zero-order chi connectivity index (χ0) is 13.9. The van der Waals surface area contributed by atoms with Gasteiger partial charge in [-0.3, -0.25) is 0 Å². The third kappa shape index (κ3) is 3.87. The molecule has 0 heterocycles.